The van der Waals surface area contributed by atoms with E-state index in [-0.39, 0.29) is 32.4 Å². The molecule has 0 aromatic heterocycles. The Balaban J connectivity index is 1.81. The molecular weight excluding hydrogens is 616 g/mol. The Morgan fingerprint density at radius 2 is 1.70 bits per heavy atom. The van der Waals surface area contributed by atoms with Gasteiger partial charge in [-0.05, 0) is 37.2 Å². The first kappa shape index (κ1) is 37.5. The average Bonchev–Trinajstić information content (AvgIpc) is 3.41. The van der Waals surface area contributed by atoms with Crippen LogP contribution in [0.15, 0.2) is 30.3 Å². The van der Waals surface area contributed by atoms with Gasteiger partial charge in [0.05, 0.1) is 12.1 Å². The Morgan fingerprint density at radius 1 is 1.02 bits per heavy atom. The first-order chi connectivity index (χ1) is 22.3. The van der Waals surface area contributed by atoms with Gasteiger partial charge < -0.3 is 36.0 Å². The highest BCUT2D eigenvalue weighted by Gasteiger charge is 2.42. The minimum Gasteiger partial charge on any atom is -0.390 e. The predicted molar refractivity (Wildman–Crippen MR) is 166 cm³/mol. The van der Waals surface area contributed by atoms with Crippen LogP contribution in [0.3, 0.4) is 0 Å². The molecule has 260 valence electrons. The maximum Gasteiger partial charge on any atom is 0.262 e. The number of nitrogens with one attached hydrogen (secondary N) is 4. The van der Waals surface area contributed by atoms with Crippen LogP contribution in [0.2, 0.25) is 0 Å². The van der Waals surface area contributed by atoms with Gasteiger partial charge in [0, 0.05) is 27.1 Å². The maximum absolute atomic E-state index is 13.8. The van der Waals surface area contributed by atoms with Crippen molar-refractivity contribution >= 4 is 35.4 Å². The third-order valence-electron chi connectivity index (χ3n) is 8.20. The van der Waals surface area contributed by atoms with E-state index in [1.54, 1.807) is 44.2 Å². The summed E-state index contributed by atoms with van der Waals surface area (Å²) in [6, 6.07) is 3.82. The van der Waals surface area contributed by atoms with Gasteiger partial charge in [-0.3, -0.25) is 38.7 Å². The zero-order valence-electron chi connectivity index (χ0n) is 27.0. The summed E-state index contributed by atoms with van der Waals surface area (Å²) in [7, 11) is 1.30. The van der Waals surface area contributed by atoms with E-state index in [0.29, 0.717) is 18.5 Å². The van der Waals surface area contributed by atoms with Crippen LogP contribution in [-0.4, -0.2) is 130 Å². The fraction of sp³-hybridized carbons (Fsp3) is 0.613. The molecular formula is C31H46N6O10. The lowest BCUT2D eigenvalue weighted by molar-refractivity contribution is -0.153. The number of hydrogen-bond donors (Lipinski definition) is 7. The molecule has 7 atom stereocenters. The number of methoxy groups -OCH3 is 1. The van der Waals surface area contributed by atoms with Crippen molar-refractivity contribution in [3.05, 3.63) is 35.9 Å². The Bertz CT molecular complexity index is 1280. The standard InChI is InChI=1S/C31H46N6O10/c1-17(2)25(40)24(35-23(39)16-47-4)31(46)37-22(11-8-13-32-37)28(43)34-21(15-19-9-6-5-7-10-19)26(41)27(42)29(44)33-20-12-14-36(18(3)38)30(20)45/h5-7,9-10,17,20-22,24-27,32,40-42H,8,11-16H2,1-4H3,(H,33,44)(H,34,43)(H,35,39)/t20-,21-,22-,24+,25+,26+,27-/m0/s1. The van der Waals surface area contributed by atoms with E-state index in [4.69, 9.17) is 4.74 Å². The number of hydrogen-bond acceptors (Lipinski definition) is 11. The van der Waals surface area contributed by atoms with Crippen LogP contribution < -0.4 is 21.4 Å². The summed E-state index contributed by atoms with van der Waals surface area (Å²) < 4.78 is 4.83. The SMILES string of the molecule is COCC(=O)N[C@@H](C(=O)N1NCCC[C@H]1C(=O)N[C@@H](Cc1ccccc1)[C@@H](O)[C@H](O)C(=O)N[C@H]1CCN(C(C)=O)C1=O)[C@H](O)C(C)C. The number of carbonyl (C=O) groups is 6. The monoisotopic (exact) mass is 662 g/mol. The first-order valence-electron chi connectivity index (χ1n) is 15.6. The minimum atomic E-state index is -2.08. The van der Waals surface area contributed by atoms with Gasteiger partial charge in [-0.1, -0.05) is 44.2 Å². The van der Waals surface area contributed by atoms with Crippen molar-refractivity contribution in [1.82, 2.24) is 31.3 Å². The summed E-state index contributed by atoms with van der Waals surface area (Å²) in [5, 5.41) is 41.5. The fourth-order valence-corrected chi connectivity index (χ4v) is 5.55. The van der Waals surface area contributed by atoms with Gasteiger partial charge in [0.2, 0.25) is 17.7 Å². The summed E-state index contributed by atoms with van der Waals surface area (Å²) in [6.07, 6.45) is -4.45. The van der Waals surface area contributed by atoms with E-state index in [0.717, 1.165) is 9.91 Å². The number of hydrazine groups is 1. The zero-order chi connectivity index (χ0) is 34.8. The summed E-state index contributed by atoms with van der Waals surface area (Å²) in [4.78, 5) is 77.9. The summed E-state index contributed by atoms with van der Waals surface area (Å²) in [6.45, 7) is 4.62. The molecule has 2 fully saturated rings. The van der Waals surface area contributed by atoms with Gasteiger partial charge in [0.15, 0.2) is 6.10 Å². The smallest absolute Gasteiger partial charge is 0.262 e. The molecule has 3 rings (SSSR count). The van der Waals surface area contributed by atoms with Crippen LogP contribution in [0.5, 0.6) is 0 Å². The molecule has 0 aliphatic carbocycles. The van der Waals surface area contributed by atoms with Crippen molar-refractivity contribution in [1.29, 1.82) is 0 Å². The van der Waals surface area contributed by atoms with Crippen LogP contribution in [0.25, 0.3) is 0 Å². The van der Waals surface area contributed by atoms with Gasteiger partial charge in [-0.15, -0.1) is 0 Å². The second-order valence-electron chi connectivity index (χ2n) is 12.1. The van der Waals surface area contributed by atoms with Gasteiger partial charge in [0.1, 0.15) is 30.8 Å². The average molecular weight is 663 g/mol. The fourth-order valence-electron chi connectivity index (χ4n) is 5.55. The molecule has 16 nitrogen and oxygen atoms in total. The second kappa shape index (κ2) is 17.3. The molecule has 0 bridgehead atoms. The molecule has 1 aromatic rings. The number of rotatable bonds is 14. The lowest BCUT2D eigenvalue weighted by atomic mass is 9.95. The number of nitrogens with zero attached hydrogens (tertiary/aromatic N) is 2. The van der Waals surface area contributed by atoms with Crippen molar-refractivity contribution in [2.75, 3.05) is 26.8 Å². The van der Waals surface area contributed by atoms with E-state index < -0.39 is 83.8 Å². The molecule has 7 N–H and O–H groups in total. The number of aliphatic hydroxyl groups is 3. The number of ether oxygens (including phenoxy) is 1. The third-order valence-corrected chi connectivity index (χ3v) is 8.20. The van der Waals surface area contributed by atoms with Crippen molar-refractivity contribution in [2.45, 2.75) is 88.9 Å². The molecule has 16 heteroatoms. The normalized spacial score (nSPS) is 21.4. The number of amides is 6. The number of aliphatic hydroxyl groups excluding tert-OH is 3. The van der Waals surface area contributed by atoms with Gasteiger partial charge >= 0.3 is 0 Å². The Hall–Kier alpha value is -3.96. The van der Waals surface area contributed by atoms with Crippen molar-refractivity contribution in [3.63, 3.8) is 0 Å². The summed E-state index contributed by atoms with van der Waals surface area (Å²) in [5.41, 5.74) is 3.53. The van der Waals surface area contributed by atoms with Crippen molar-refractivity contribution < 1.29 is 48.8 Å². The second-order valence-corrected chi connectivity index (χ2v) is 12.1. The van der Waals surface area contributed by atoms with Crippen LogP contribution in [0.1, 0.15) is 45.6 Å². The molecule has 0 spiro atoms. The van der Waals surface area contributed by atoms with Gasteiger partial charge in [-0.25, -0.2) is 5.43 Å². The number of benzene rings is 1. The lowest BCUT2D eigenvalue weighted by Gasteiger charge is -2.39. The van der Waals surface area contributed by atoms with E-state index in [1.807, 2.05) is 0 Å². The maximum atomic E-state index is 13.8. The highest BCUT2D eigenvalue weighted by Crippen LogP contribution is 2.18. The largest absolute Gasteiger partial charge is 0.390 e. The molecule has 6 amide bonds. The molecule has 2 saturated heterocycles. The highest BCUT2D eigenvalue weighted by atomic mass is 16.5. The number of carbonyl (C=O) groups excluding carboxylic acids is 6. The van der Waals surface area contributed by atoms with E-state index in [2.05, 4.69) is 21.4 Å². The predicted octanol–water partition coefficient (Wildman–Crippen LogP) is -2.66. The molecule has 2 aliphatic heterocycles. The van der Waals surface area contributed by atoms with Crippen LogP contribution >= 0.6 is 0 Å². The van der Waals surface area contributed by atoms with Crippen LogP contribution in [0, 0.1) is 5.92 Å². The number of imide groups is 1. The van der Waals surface area contributed by atoms with E-state index >= 15 is 0 Å². The highest BCUT2D eigenvalue weighted by molar-refractivity contribution is 6.00. The summed E-state index contributed by atoms with van der Waals surface area (Å²) >= 11 is 0. The minimum absolute atomic E-state index is 0.0194. The summed E-state index contributed by atoms with van der Waals surface area (Å²) in [5.74, 6) is -4.75. The molecule has 1 aromatic carbocycles. The lowest BCUT2D eigenvalue weighted by Crippen LogP contribution is -2.66. The zero-order valence-corrected chi connectivity index (χ0v) is 27.0. The molecule has 0 unspecified atom stereocenters. The molecule has 0 saturated carbocycles. The Labute approximate surface area is 273 Å². The van der Waals surface area contributed by atoms with Crippen molar-refractivity contribution in [2.24, 2.45) is 5.92 Å². The van der Waals surface area contributed by atoms with Gasteiger partial charge in [0.25, 0.3) is 17.7 Å². The third kappa shape index (κ3) is 9.77. The molecule has 0 radical (unpaired) electrons. The Morgan fingerprint density at radius 3 is 2.30 bits per heavy atom. The van der Waals surface area contributed by atoms with Crippen LogP contribution in [-0.2, 0) is 39.9 Å². The molecule has 2 aliphatic rings. The molecule has 47 heavy (non-hydrogen) atoms. The van der Waals surface area contributed by atoms with E-state index in [9.17, 15) is 44.1 Å². The molecule has 2 heterocycles. The topological polar surface area (TPSA) is 227 Å². The van der Waals surface area contributed by atoms with E-state index in [1.165, 1.54) is 14.0 Å². The van der Waals surface area contributed by atoms with Gasteiger partial charge in [-0.2, -0.15) is 0 Å². The van der Waals surface area contributed by atoms with Crippen LogP contribution in [0.4, 0.5) is 0 Å². The first-order valence-corrected chi connectivity index (χ1v) is 15.6. The number of likely N-dealkylation sites (tertiary alicyclic amines) is 1. The Kier molecular flexibility index (Phi) is 13.8. The van der Waals surface area contributed by atoms with Crippen molar-refractivity contribution in [3.8, 4) is 0 Å². The quantitative estimate of drug-likeness (QED) is 0.109.